The molecule has 0 aromatic heterocycles. The number of halogens is 2. The Hall–Kier alpha value is -0.970. The van der Waals surface area contributed by atoms with E-state index in [-0.39, 0.29) is 30.4 Å². The minimum atomic E-state index is -0.908. The van der Waals surface area contributed by atoms with Crippen LogP contribution in [0, 0.1) is 0 Å². The summed E-state index contributed by atoms with van der Waals surface area (Å²) in [6.45, 7) is 8.52. The summed E-state index contributed by atoms with van der Waals surface area (Å²) in [6, 6.07) is 6.59. The first-order valence-corrected chi connectivity index (χ1v) is 8.35. The summed E-state index contributed by atoms with van der Waals surface area (Å²) in [5.41, 5.74) is 0.289. The Morgan fingerprint density at radius 2 is 1.46 bits per heavy atom. The Morgan fingerprint density at radius 1 is 0.958 bits per heavy atom. The molecule has 0 saturated carbocycles. The lowest BCUT2D eigenvalue weighted by atomic mass is 10.2. The zero-order chi connectivity index (χ0) is 16.2. The highest BCUT2D eigenvalue weighted by Gasteiger charge is 2.05. The number of unbranched alkanes of at least 4 members (excludes halogenated alkanes) is 2. The van der Waals surface area contributed by atoms with Crippen LogP contribution in [-0.4, -0.2) is 42.2 Å². The van der Waals surface area contributed by atoms with Crippen LogP contribution in [0.2, 0.25) is 0 Å². The van der Waals surface area contributed by atoms with Crippen molar-refractivity contribution in [2.24, 2.45) is 0 Å². The Morgan fingerprint density at radius 3 is 1.92 bits per heavy atom. The molecule has 0 saturated heterocycles. The number of hydrogen-bond acceptors (Lipinski definition) is 3. The lowest BCUT2D eigenvalue weighted by molar-refractivity contribution is 0.0697. The number of carboxylic acid groups (broad SMARTS) is 1. The first-order valence-electron chi connectivity index (χ1n) is 8.35. The van der Waals surface area contributed by atoms with Gasteiger partial charge in [-0.2, -0.15) is 0 Å². The van der Waals surface area contributed by atoms with Gasteiger partial charge in [-0.05, 0) is 56.6 Å². The predicted molar refractivity (Wildman–Crippen MR) is 104 cm³/mol. The summed E-state index contributed by atoms with van der Waals surface area (Å²) < 4.78 is 5.68. The lowest BCUT2D eigenvalue weighted by Crippen LogP contribution is -2.28. The summed E-state index contributed by atoms with van der Waals surface area (Å²) in [7, 11) is 0. The standard InChI is InChI=1S/C18H29NO3.2ClH/c1-3-5-12-19(13-6-4-2)14-7-15-22-17-10-8-16(9-11-17)18(20)21;;/h8-11H,3-7,12-15H2,1-2H3,(H,20,21);2*1H. The summed E-state index contributed by atoms with van der Waals surface area (Å²) >= 11 is 0. The van der Waals surface area contributed by atoms with E-state index < -0.39 is 5.97 Å². The molecule has 0 aliphatic heterocycles. The number of rotatable bonds is 12. The van der Waals surface area contributed by atoms with Crippen LogP contribution in [0.5, 0.6) is 5.75 Å². The van der Waals surface area contributed by atoms with Gasteiger partial charge in [0.15, 0.2) is 0 Å². The van der Waals surface area contributed by atoms with Gasteiger partial charge in [-0.3, -0.25) is 0 Å². The number of aromatic carboxylic acids is 1. The van der Waals surface area contributed by atoms with Crippen LogP contribution in [-0.2, 0) is 0 Å². The van der Waals surface area contributed by atoms with E-state index in [9.17, 15) is 4.79 Å². The molecule has 0 unspecified atom stereocenters. The van der Waals surface area contributed by atoms with E-state index in [4.69, 9.17) is 9.84 Å². The maximum atomic E-state index is 10.8. The highest BCUT2D eigenvalue weighted by Crippen LogP contribution is 2.12. The van der Waals surface area contributed by atoms with Crippen LogP contribution in [0.4, 0.5) is 0 Å². The van der Waals surface area contributed by atoms with Crippen LogP contribution >= 0.6 is 24.8 Å². The summed E-state index contributed by atoms with van der Waals surface area (Å²) in [5, 5.41) is 8.85. The predicted octanol–water partition coefficient (Wildman–Crippen LogP) is 4.90. The number of ether oxygens (including phenoxy) is 1. The van der Waals surface area contributed by atoms with E-state index in [0.29, 0.717) is 6.61 Å². The summed E-state index contributed by atoms with van der Waals surface area (Å²) in [6.07, 6.45) is 5.96. The topological polar surface area (TPSA) is 49.8 Å². The second-order valence-electron chi connectivity index (χ2n) is 5.58. The van der Waals surface area contributed by atoms with Gasteiger partial charge in [0.1, 0.15) is 5.75 Å². The molecule has 1 N–H and O–H groups in total. The van der Waals surface area contributed by atoms with Gasteiger partial charge in [-0.1, -0.05) is 26.7 Å². The molecule has 0 radical (unpaired) electrons. The Labute approximate surface area is 158 Å². The highest BCUT2D eigenvalue weighted by molar-refractivity contribution is 5.87. The SMILES string of the molecule is CCCCN(CCCC)CCCOc1ccc(C(=O)O)cc1.Cl.Cl. The van der Waals surface area contributed by atoms with Crippen molar-refractivity contribution in [2.45, 2.75) is 46.0 Å². The second kappa shape index (κ2) is 15.6. The van der Waals surface area contributed by atoms with Crippen LogP contribution in [0.3, 0.4) is 0 Å². The number of nitrogens with zero attached hydrogens (tertiary/aromatic N) is 1. The van der Waals surface area contributed by atoms with Crippen molar-refractivity contribution in [3.8, 4) is 5.75 Å². The molecule has 1 aromatic carbocycles. The van der Waals surface area contributed by atoms with E-state index in [0.717, 1.165) is 18.7 Å². The van der Waals surface area contributed by atoms with Gasteiger partial charge in [0, 0.05) is 6.54 Å². The molecule has 0 aliphatic carbocycles. The van der Waals surface area contributed by atoms with Gasteiger partial charge in [-0.15, -0.1) is 24.8 Å². The maximum absolute atomic E-state index is 10.8. The third-order valence-corrected chi connectivity index (χ3v) is 3.64. The molecule has 6 heteroatoms. The molecule has 0 amide bonds. The summed E-state index contributed by atoms with van der Waals surface area (Å²) in [4.78, 5) is 13.3. The zero-order valence-corrected chi connectivity index (χ0v) is 16.3. The molecule has 140 valence electrons. The average molecular weight is 380 g/mol. The fraction of sp³-hybridized carbons (Fsp3) is 0.611. The van der Waals surface area contributed by atoms with Crippen LogP contribution < -0.4 is 4.74 Å². The van der Waals surface area contributed by atoms with Gasteiger partial charge < -0.3 is 14.7 Å². The maximum Gasteiger partial charge on any atom is 0.335 e. The van der Waals surface area contributed by atoms with Crippen LogP contribution in [0.25, 0.3) is 0 Å². The van der Waals surface area contributed by atoms with Crippen molar-refractivity contribution >= 4 is 30.8 Å². The van der Waals surface area contributed by atoms with Gasteiger partial charge in [0.05, 0.1) is 12.2 Å². The third-order valence-electron chi connectivity index (χ3n) is 3.64. The quantitative estimate of drug-likeness (QED) is 0.524. The molecular formula is C18H31Cl2NO3. The molecular weight excluding hydrogens is 349 g/mol. The number of benzene rings is 1. The van der Waals surface area contributed by atoms with Crippen molar-refractivity contribution in [1.29, 1.82) is 0 Å². The largest absolute Gasteiger partial charge is 0.494 e. The molecule has 0 fully saturated rings. The number of carbonyl (C=O) groups is 1. The van der Waals surface area contributed by atoms with Gasteiger partial charge in [0.25, 0.3) is 0 Å². The fourth-order valence-corrected chi connectivity index (χ4v) is 2.27. The van der Waals surface area contributed by atoms with Gasteiger partial charge in [0.2, 0.25) is 0 Å². The van der Waals surface area contributed by atoms with Crippen molar-refractivity contribution in [1.82, 2.24) is 4.90 Å². The average Bonchev–Trinajstić information content (AvgIpc) is 2.53. The van der Waals surface area contributed by atoms with E-state index in [1.807, 2.05) is 0 Å². The molecule has 0 heterocycles. The van der Waals surface area contributed by atoms with E-state index in [2.05, 4.69) is 18.7 Å². The van der Waals surface area contributed by atoms with Crippen molar-refractivity contribution < 1.29 is 14.6 Å². The third kappa shape index (κ3) is 10.7. The molecule has 0 aliphatic rings. The van der Waals surface area contributed by atoms with E-state index >= 15 is 0 Å². The second-order valence-corrected chi connectivity index (χ2v) is 5.58. The van der Waals surface area contributed by atoms with E-state index in [1.54, 1.807) is 24.3 Å². The Bertz CT molecular complexity index is 419. The first kappa shape index (κ1) is 25.3. The fourth-order valence-electron chi connectivity index (χ4n) is 2.27. The molecule has 4 nitrogen and oxygen atoms in total. The monoisotopic (exact) mass is 379 g/mol. The highest BCUT2D eigenvalue weighted by atomic mass is 35.5. The molecule has 0 bridgehead atoms. The van der Waals surface area contributed by atoms with E-state index in [1.165, 1.54) is 38.8 Å². The Balaban J connectivity index is 0. The van der Waals surface area contributed by atoms with Crippen LogP contribution in [0.1, 0.15) is 56.3 Å². The zero-order valence-electron chi connectivity index (χ0n) is 14.7. The summed E-state index contributed by atoms with van der Waals surface area (Å²) in [5.74, 6) is -0.173. The first-order chi connectivity index (χ1) is 10.7. The molecule has 0 spiro atoms. The molecule has 1 rings (SSSR count). The number of carboxylic acids is 1. The minimum Gasteiger partial charge on any atom is -0.494 e. The van der Waals surface area contributed by atoms with Crippen molar-refractivity contribution in [3.63, 3.8) is 0 Å². The van der Waals surface area contributed by atoms with Gasteiger partial charge >= 0.3 is 5.97 Å². The molecule has 24 heavy (non-hydrogen) atoms. The minimum absolute atomic E-state index is 0. The van der Waals surface area contributed by atoms with Crippen molar-refractivity contribution in [2.75, 3.05) is 26.2 Å². The molecule has 1 aromatic rings. The lowest BCUT2D eigenvalue weighted by Gasteiger charge is -2.21. The normalized spacial score (nSPS) is 9.96. The smallest absolute Gasteiger partial charge is 0.335 e. The van der Waals surface area contributed by atoms with Crippen molar-refractivity contribution in [3.05, 3.63) is 29.8 Å². The van der Waals surface area contributed by atoms with Gasteiger partial charge in [-0.25, -0.2) is 4.79 Å². The van der Waals surface area contributed by atoms with Crippen LogP contribution in [0.15, 0.2) is 24.3 Å². The Kier molecular flexibility index (Phi) is 16.4. The molecule has 0 atom stereocenters. The number of hydrogen-bond donors (Lipinski definition) is 1.